The predicted octanol–water partition coefficient (Wildman–Crippen LogP) is 5.65. The molecule has 9 nitrogen and oxygen atoms in total. The second-order valence-electron chi connectivity index (χ2n) is 10.7. The van der Waals surface area contributed by atoms with Crippen LogP contribution < -0.4 is 14.8 Å². The summed E-state index contributed by atoms with van der Waals surface area (Å²) in [4.78, 5) is 14.2. The molecule has 0 bridgehead atoms. The van der Waals surface area contributed by atoms with E-state index in [1.54, 1.807) is 11.7 Å². The molecule has 2 aromatic heterocycles. The number of nitrogens with zero attached hydrogens (tertiary/aromatic N) is 4. The van der Waals surface area contributed by atoms with Crippen LogP contribution in [0.5, 0.6) is 11.6 Å². The minimum absolute atomic E-state index is 0.0466. The van der Waals surface area contributed by atoms with E-state index in [-0.39, 0.29) is 24.9 Å². The second-order valence-corrected chi connectivity index (χ2v) is 10.7. The van der Waals surface area contributed by atoms with Crippen molar-refractivity contribution in [2.24, 2.45) is 0 Å². The average Bonchev–Trinajstić information content (AvgIpc) is 3.60. The Labute approximate surface area is 249 Å². The summed E-state index contributed by atoms with van der Waals surface area (Å²) in [6.07, 6.45) is -0.146. The van der Waals surface area contributed by atoms with Gasteiger partial charge in [0.25, 0.3) is 0 Å². The maximum Gasteiger partial charge on any atom is 0.247 e. The highest BCUT2D eigenvalue weighted by Crippen LogP contribution is 2.44. The zero-order valence-electron chi connectivity index (χ0n) is 24.3. The van der Waals surface area contributed by atoms with Crippen LogP contribution in [0, 0.1) is 0 Å². The maximum atomic E-state index is 15.8. The van der Waals surface area contributed by atoms with Crippen molar-refractivity contribution in [3.63, 3.8) is 0 Å². The predicted molar refractivity (Wildman–Crippen MR) is 161 cm³/mol. The van der Waals surface area contributed by atoms with Crippen LogP contribution >= 0.6 is 0 Å². The molecule has 0 amide bonds. The van der Waals surface area contributed by atoms with Gasteiger partial charge in [-0.3, -0.25) is 4.57 Å². The third-order valence-corrected chi connectivity index (χ3v) is 7.83. The summed E-state index contributed by atoms with van der Waals surface area (Å²) in [6.45, 7) is 3.38. The lowest BCUT2D eigenvalue weighted by Gasteiger charge is -2.37. The van der Waals surface area contributed by atoms with Crippen LogP contribution in [0.3, 0.4) is 0 Å². The van der Waals surface area contributed by atoms with Crippen LogP contribution in [0.2, 0.25) is 0 Å². The monoisotopic (exact) mass is 583 g/mol. The van der Waals surface area contributed by atoms with Gasteiger partial charge in [-0.1, -0.05) is 72.8 Å². The van der Waals surface area contributed by atoms with E-state index in [2.05, 4.69) is 10.3 Å². The van der Waals surface area contributed by atoms with Gasteiger partial charge in [-0.2, -0.15) is 9.97 Å². The fourth-order valence-electron chi connectivity index (χ4n) is 5.84. The molecule has 0 unspecified atom stereocenters. The van der Waals surface area contributed by atoms with Crippen molar-refractivity contribution in [3.05, 3.63) is 108 Å². The smallest absolute Gasteiger partial charge is 0.247 e. The molecular formula is C33H34FN5O4. The van der Waals surface area contributed by atoms with Gasteiger partial charge in [-0.25, -0.2) is 9.37 Å². The number of hydrogen-bond donors (Lipinski definition) is 2. The number of nitrogens with one attached hydrogen (secondary N) is 1. The SMILES string of the molecule is CCOc1nc(NC(c2ccccc2)(c2ccccc2)c2ccc(OC)cc2)nc2c1ncn2[C@@H]1O[C@H](CO)C[C@@]1(C)F. The summed E-state index contributed by atoms with van der Waals surface area (Å²) < 4.78 is 34.6. The number of aliphatic hydroxyl groups excluding tert-OH is 1. The number of aliphatic hydroxyl groups is 1. The van der Waals surface area contributed by atoms with Gasteiger partial charge < -0.3 is 24.6 Å². The molecular weight excluding hydrogens is 549 g/mol. The molecule has 0 saturated carbocycles. The first-order valence-corrected chi connectivity index (χ1v) is 14.3. The van der Waals surface area contributed by atoms with Gasteiger partial charge >= 0.3 is 0 Å². The molecule has 1 saturated heterocycles. The van der Waals surface area contributed by atoms with Crippen molar-refractivity contribution in [1.29, 1.82) is 0 Å². The standard InChI is InChI=1S/C33H34FN5O4/c1-4-42-29-27-28(39(21-35-27)30-32(2,34)19-26(20-40)43-30)36-31(37-29)38-33(22-11-7-5-8-12-22,23-13-9-6-10-14-23)24-15-17-25(41-3)18-16-24/h5-18,21,26,30,40H,4,19-20H2,1-3H3,(H,36,37,38)/t26-,30+,32+/m0/s1. The third-order valence-electron chi connectivity index (χ3n) is 7.83. The number of hydrogen-bond acceptors (Lipinski definition) is 8. The molecule has 2 N–H and O–H groups in total. The highest BCUT2D eigenvalue weighted by atomic mass is 19.1. The van der Waals surface area contributed by atoms with Gasteiger partial charge in [0, 0.05) is 6.42 Å². The second kappa shape index (κ2) is 11.6. The van der Waals surface area contributed by atoms with E-state index < -0.39 is 23.5 Å². The lowest BCUT2D eigenvalue weighted by Crippen LogP contribution is -2.39. The van der Waals surface area contributed by atoms with E-state index in [1.165, 1.54) is 13.3 Å². The van der Waals surface area contributed by atoms with Gasteiger partial charge in [0.2, 0.25) is 11.8 Å². The van der Waals surface area contributed by atoms with Gasteiger partial charge in [-0.05, 0) is 42.7 Å². The average molecular weight is 584 g/mol. The number of methoxy groups -OCH3 is 1. The van der Waals surface area contributed by atoms with E-state index >= 15 is 4.39 Å². The van der Waals surface area contributed by atoms with Crippen LogP contribution in [-0.4, -0.2) is 56.7 Å². The molecule has 1 aliphatic heterocycles. The van der Waals surface area contributed by atoms with E-state index in [1.807, 2.05) is 91.9 Å². The molecule has 3 heterocycles. The molecule has 43 heavy (non-hydrogen) atoms. The van der Waals surface area contributed by atoms with Crippen molar-refractivity contribution in [2.45, 2.75) is 43.8 Å². The Morgan fingerprint density at radius 1 is 1.00 bits per heavy atom. The number of rotatable bonds is 10. The molecule has 6 rings (SSSR count). The number of alkyl halides is 1. The summed E-state index contributed by atoms with van der Waals surface area (Å²) in [5, 5.41) is 13.3. The van der Waals surface area contributed by atoms with Gasteiger partial charge in [0.05, 0.1) is 32.8 Å². The van der Waals surface area contributed by atoms with Crippen LogP contribution in [-0.2, 0) is 10.3 Å². The van der Waals surface area contributed by atoms with E-state index in [0.29, 0.717) is 17.8 Å². The maximum absolute atomic E-state index is 15.8. The molecule has 3 aromatic carbocycles. The fraction of sp³-hybridized carbons (Fsp3) is 0.303. The minimum atomic E-state index is -1.76. The Morgan fingerprint density at radius 2 is 1.63 bits per heavy atom. The van der Waals surface area contributed by atoms with Crippen molar-refractivity contribution in [3.8, 4) is 11.6 Å². The van der Waals surface area contributed by atoms with E-state index in [9.17, 15) is 5.11 Å². The number of anilines is 1. The Hall–Kier alpha value is -4.54. The molecule has 3 atom stereocenters. The van der Waals surface area contributed by atoms with E-state index in [0.717, 1.165) is 22.4 Å². The summed E-state index contributed by atoms with van der Waals surface area (Å²) in [5.41, 5.74) is 0.836. The topological polar surface area (TPSA) is 104 Å². The summed E-state index contributed by atoms with van der Waals surface area (Å²) in [6, 6.07) is 27.9. The van der Waals surface area contributed by atoms with E-state index in [4.69, 9.17) is 24.2 Å². The Bertz CT molecular complexity index is 1640. The first-order chi connectivity index (χ1) is 20.9. The first kappa shape index (κ1) is 28.6. The molecule has 0 radical (unpaired) electrons. The normalized spacial score (nSPS) is 20.3. The lowest BCUT2D eigenvalue weighted by atomic mass is 9.77. The Morgan fingerprint density at radius 3 is 2.19 bits per heavy atom. The quantitative estimate of drug-likeness (QED) is 0.204. The van der Waals surface area contributed by atoms with Crippen LogP contribution in [0.1, 0.15) is 43.2 Å². The molecule has 0 spiro atoms. The molecule has 0 aliphatic carbocycles. The molecule has 5 aromatic rings. The number of aromatic nitrogens is 4. The number of ether oxygens (including phenoxy) is 3. The fourth-order valence-corrected chi connectivity index (χ4v) is 5.84. The zero-order valence-corrected chi connectivity index (χ0v) is 24.3. The van der Waals surface area contributed by atoms with Crippen molar-refractivity contribution >= 4 is 17.1 Å². The number of imidazole rings is 1. The minimum Gasteiger partial charge on any atom is -0.497 e. The summed E-state index contributed by atoms with van der Waals surface area (Å²) in [5.74, 6) is 1.24. The van der Waals surface area contributed by atoms with Crippen molar-refractivity contribution in [2.75, 3.05) is 25.6 Å². The first-order valence-electron chi connectivity index (χ1n) is 14.3. The molecule has 1 fully saturated rings. The molecule has 1 aliphatic rings. The molecule has 10 heteroatoms. The van der Waals surface area contributed by atoms with Gasteiger partial charge in [0.1, 0.15) is 11.3 Å². The highest BCUT2D eigenvalue weighted by Gasteiger charge is 2.47. The number of halogens is 1. The Kier molecular flexibility index (Phi) is 7.72. The summed E-state index contributed by atoms with van der Waals surface area (Å²) in [7, 11) is 1.63. The van der Waals surface area contributed by atoms with Crippen LogP contribution in [0.25, 0.3) is 11.2 Å². The van der Waals surface area contributed by atoms with Gasteiger partial charge in [0.15, 0.2) is 23.1 Å². The lowest BCUT2D eigenvalue weighted by molar-refractivity contribution is -0.0565. The van der Waals surface area contributed by atoms with Crippen LogP contribution in [0.4, 0.5) is 10.3 Å². The van der Waals surface area contributed by atoms with Crippen LogP contribution in [0.15, 0.2) is 91.3 Å². The largest absolute Gasteiger partial charge is 0.497 e. The third kappa shape index (κ3) is 5.17. The summed E-state index contributed by atoms with van der Waals surface area (Å²) >= 11 is 0. The Balaban J connectivity index is 1.57. The van der Waals surface area contributed by atoms with Crippen molar-refractivity contribution in [1.82, 2.24) is 19.5 Å². The van der Waals surface area contributed by atoms with Crippen molar-refractivity contribution < 1.29 is 23.7 Å². The number of benzene rings is 3. The number of fused-ring (bicyclic) bond motifs is 1. The highest BCUT2D eigenvalue weighted by molar-refractivity contribution is 5.78. The van der Waals surface area contributed by atoms with Gasteiger partial charge in [-0.15, -0.1) is 0 Å². The zero-order chi connectivity index (χ0) is 30.0. The molecule has 222 valence electrons.